The average molecular weight is 199 g/mol. The van der Waals surface area contributed by atoms with Gasteiger partial charge in [-0.1, -0.05) is 18.2 Å². The zero-order valence-corrected chi connectivity index (χ0v) is 9.43. The molecule has 0 saturated heterocycles. The smallest absolute Gasteiger partial charge is 0.213 e. The van der Waals surface area contributed by atoms with Gasteiger partial charge in [-0.15, -0.1) is 0 Å². The van der Waals surface area contributed by atoms with Gasteiger partial charge in [0.1, 0.15) is 0 Å². The van der Waals surface area contributed by atoms with Gasteiger partial charge >= 0.3 is 0 Å². The van der Waals surface area contributed by atoms with E-state index in [1.165, 1.54) is 12.1 Å². The minimum absolute atomic E-state index is 0.186. The summed E-state index contributed by atoms with van der Waals surface area (Å²) in [5.74, 6) is 0. The summed E-state index contributed by atoms with van der Waals surface area (Å²) < 4.78 is 22.5. The number of nitrogens with one attached hydrogen (secondary N) is 1. The summed E-state index contributed by atoms with van der Waals surface area (Å²) in [4.78, 5) is 0.213. The highest BCUT2D eigenvalue weighted by Gasteiger charge is 2.14. The Bertz CT molecular complexity index is 385. The van der Waals surface area contributed by atoms with E-state index in [4.69, 9.17) is 5.41 Å². The monoisotopic (exact) mass is 199 g/mol. The van der Waals surface area contributed by atoms with Crippen molar-refractivity contribution in [3.8, 4) is 0 Å². The third-order valence-electron chi connectivity index (χ3n) is 1.46. The fourth-order valence-corrected chi connectivity index (χ4v) is 2.35. The Morgan fingerprint density at radius 2 is 1.75 bits per heavy atom. The van der Waals surface area contributed by atoms with Crippen molar-refractivity contribution in [1.82, 2.24) is 0 Å². The van der Waals surface area contributed by atoms with E-state index in [0.29, 0.717) is 0 Å². The number of hydrogen-bond donors (Lipinski definition) is 1. The van der Waals surface area contributed by atoms with Gasteiger partial charge in [0.25, 0.3) is 0 Å². The molecule has 0 heterocycles. The fourth-order valence-electron chi connectivity index (χ4n) is 0.776. The van der Waals surface area contributed by atoms with Crippen LogP contribution in [-0.4, -0.2) is 23.3 Å². The van der Waals surface area contributed by atoms with Crippen LogP contribution in [0.1, 0.15) is 0 Å². The molecule has 1 N–H and O–H groups in total. The van der Waals surface area contributed by atoms with Gasteiger partial charge in [-0.2, -0.15) is 0 Å². The summed E-state index contributed by atoms with van der Waals surface area (Å²) >= 11 is 0. The van der Waals surface area contributed by atoms with Gasteiger partial charge in [-0.25, -0.2) is 8.42 Å². The van der Waals surface area contributed by atoms with Crippen molar-refractivity contribution < 1.29 is 8.42 Å². The van der Waals surface area contributed by atoms with E-state index in [2.05, 4.69) is 0 Å². The maximum atomic E-state index is 11.3. The molecule has 0 saturated carbocycles. The molecule has 1 aromatic rings. The Kier molecular flexibility index (Phi) is 2.44. The average Bonchev–Trinajstić information content (AvgIpc) is 2.06. The zero-order chi connectivity index (χ0) is 9.19. The molecule has 64 valence electrons. The lowest BCUT2D eigenvalue weighted by Gasteiger charge is -1.99. The molecule has 0 aliphatic rings. The molecule has 1 rings (SSSR count). The summed E-state index contributed by atoms with van der Waals surface area (Å²) in [7, 11) is -3.17. The first-order valence-corrected chi connectivity index (χ1v) is 5.89. The van der Waals surface area contributed by atoms with E-state index in [-0.39, 0.29) is 19.8 Å². The van der Waals surface area contributed by atoms with Gasteiger partial charge in [-0.05, 0) is 12.1 Å². The quantitative estimate of drug-likeness (QED) is 0.385. The highest BCUT2D eigenvalue weighted by atomic mass is 32.2. The lowest BCUT2D eigenvalue weighted by atomic mass is 10.4. The van der Waals surface area contributed by atoms with Crippen molar-refractivity contribution in [3.05, 3.63) is 30.3 Å². The Labute approximate surface area is 74.3 Å². The molecule has 0 radical (unpaired) electrons. The molecule has 1 aromatic carbocycles. The minimum Gasteiger partial charge on any atom is -0.299 e. The van der Waals surface area contributed by atoms with Crippen LogP contribution >= 0.6 is 0 Å². The predicted molar refractivity (Wildman–Crippen MR) is 51.3 cm³/mol. The molecule has 3 nitrogen and oxygen atoms in total. The second kappa shape index (κ2) is 3.20. The van der Waals surface area contributed by atoms with Gasteiger partial charge in [-0.3, -0.25) is 5.41 Å². The highest BCUT2D eigenvalue weighted by Crippen LogP contribution is 2.09. The first kappa shape index (κ1) is 9.15. The summed E-state index contributed by atoms with van der Waals surface area (Å²) in [6.45, 7) is 0. The van der Waals surface area contributed by atoms with Crippen molar-refractivity contribution in [2.24, 2.45) is 0 Å². The Morgan fingerprint density at radius 1 is 1.25 bits per heavy atom. The molecule has 0 bridgehead atoms. The molecule has 0 aliphatic heterocycles. The maximum Gasteiger partial charge on any atom is 0.213 e. The molecule has 12 heavy (non-hydrogen) atoms. The van der Waals surface area contributed by atoms with Crippen molar-refractivity contribution in [2.45, 2.75) is 4.90 Å². The summed E-state index contributed by atoms with van der Waals surface area (Å²) in [5, 5.41) is 7.11. The standard InChI is InChI=1S/C7H9NO2SSi/c8-7(12)11(9,10)6-4-2-1-3-5-6/h1-5,8H,12H3. The van der Waals surface area contributed by atoms with Gasteiger partial charge in [0.2, 0.25) is 9.84 Å². The third-order valence-corrected chi connectivity index (χ3v) is 4.77. The molecule has 5 heteroatoms. The van der Waals surface area contributed by atoms with Crippen LogP contribution < -0.4 is 0 Å². The zero-order valence-electron chi connectivity index (χ0n) is 6.61. The predicted octanol–water partition coefficient (Wildman–Crippen LogP) is -0.240. The van der Waals surface area contributed by atoms with Crippen molar-refractivity contribution >= 4 is 24.7 Å². The van der Waals surface area contributed by atoms with Crippen LogP contribution in [0.15, 0.2) is 35.2 Å². The SMILES string of the molecule is N=C([SiH3])S(=O)(=O)c1ccccc1. The van der Waals surface area contributed by atoms with Crippen molar-refractivity contribution in [3.63, 3.8) is 0 Å². The van der Waals surface area contributed by atoms with E-state index in [9.17, 15) is 8.42 Å². The molecule has 0 unspecified atom stereocenters. The molecule has 0 aromatic heterocycles. The van der Waals surface area contributed by atoms with Crippen LogP contribution in [0.2, 0.25) is 0 Å². The van der Waals surface area contributed by atoms with E-state index >= 15 is 0 Å². The molecule has 0 aliphatic carbocycles. The van der Waals surface area contributed by atoms with E-state index in [1.54, 1.807) is 18.2 Å². The molecule has 0 fully saturated rings. The lowest BCUT2D eigenvalue weighted by molar-refractivity contribution is 0.607. The van der Waals surface area contributed by atoms with Crippen LogP contribution in [0.3, 0.4) is 0 Å². The van der Waals surface area contributed by atoms with Crippen LogP contribution in [0.4, 0.5) is 0 Å². The first-order chi connectivity index (χ1) is 5.55. The molecule has 0 atom stereocenters. The second-order valence-electron chi connectivity index (χ2n) is 2.37. The normalized spacial score (nSPS) is 11.3. The minimum atomic E-state index is -3.43. The summed E-state index contributed by atoms with van der Waals surface area (Å²) in [5.41, 5.74) is 0. The first-order valence-electron chi connectivity index (χ1n) is 3.40. The number of rotatable bonds is 1. The van der Waals surface area contributed by atoms with Crippen molar-refractivity contribution in [2.75, 3.05) is 0 Å². The Morgan fingerprint density at radius 3 is 2.17 bits per heavy atom. The summed E-state index contributed by atoms with van der Waals surface area (Å²) in [6.07, 6.45) is 0. The van der Waals surface area contributed by atoms with Crippen LogP contribution in [0.5, 0.6) is 0 Å². The van der Waals surface area contributed by atoms with Gasteiger partial charge < -0.3 is 0 Å². The van der Waals surface area contributed by atoms with Crippen LogP contribution in [-0.2, 0) is 9.84 Å². The largest absolute Gasteiger partial charge is 0.299 e. The number of hydrogen-bond acceptors (Lipinski definition) is 3. The van der Waals surface area contributed by atoms with Gasteiger partial charge in [0.15, 0.2) is 0 Å². The lowest BCUT2D eigenvalue weighted by Crippen LogP contribution is -2.13. The molecular weight excluding hydrogens is 190 g/mol. The van der Waals surface area contributed by atoms with Gasteiger partial charge in [0.05, 0.1) is 19.8 Å². The molecule has 0 spiro atoms. The number of benzene rings is 1. The second-order valence-corrected chi connectivity index (χ2v) is 6.19. The Balaban J connectivity index is 3.26. The van der Waals surface area contributed by atoms with E-state index in [1.807, 2.05) is 0 Å². The molecular formula is C7H9NO2SSi. The van der Waals surface area contributed by atoms with E-state index in [0.717, 1.165) is 0 Å². The van der Waals surface area contributed by atoms with Gasteiger partial charge in [0, 0.05) is 0 Å². The maximum absolute atomic E-state index is 11.3. The van der Waals surface area contributed by atoms with E-state index < -0.39 is 9.84 Å². The fraction of sp³-hybridized carbons (Fsp3) is 0. The molecule has 0 amide bonds. The number of sulfone groups is 1. The van der Waals surface area contributed by atoms with Crippen molar-refractivity contribution in [1.29, 1.82) is 5.41 Å². The van der Waals surface area contributed by atoms with Crippen LogP contribution in [0, 0.1) is 5.41 Å². The third kappa shape index (κ3) is 1.62. The highest BCUT2D eigenvalue weighted by molar-refractivity contribution is 8.09. The van der Waals surface area contributed by atoms with Crippen LogP contribution in [0.25, 0.3) is 0 Å². The summed E-state index contributed by atoms with van der Waals surface area (Å²) in [6, 6.07) is 8.05. The topological polar surface area (TPSA) is 58.0 Å². The Hall–Kier alpha value is -0.943.